The molecule has 0 radical (unpaired) electrons. The Morgan fingerprint density at radius 1 is 1.65 bits per heavy atom. The monoisotopic (exact) mass is 244 g/mol. The summed E-state index contributed by atoms with van der Waals surface area (Å²) in [5.74, 6) is -0.0361. The summed E-state index contributed by atoms with van der Waals surface area (Å²) in [4.78, 5) is 11.6. The number of aliphatic hydroxyl groups is 1. The van der Waals surface area contributed by atoms with Gasteiger partial charge in [-0.15, -0.1) is 0 Å². The van der Waals surface area contributed by atoms with E-state index in [0.717, 1.165) is 6.54 Å². The molecule has 1 aliphatic rings. The van der Waals surface area contributed by atoms with Gasteiger partial charge in [0.25, 0.3) is 0 Å². The van der Waals surface area contributed by atoms with Gasteiger partial charge in [-0.2, -0.15) is 0 Å². The summed E-state index contributed by atoms with van der Waals surface area (Å²) in [6.07, 6.45) is 0.796. The largest absolute Gasteiger partial charge is 0.385 e. The maximum atomic E-state index is 11.6. The van der Waals surface area contributed by atoms with Crippen molar-refractivity contribution in [3.8, 4) is 0 Å². The number of ether oxygens (including phenoxy) is 1. The average Bonchev–Trinajstić information content (AvgIpc) is 2.57. The third-order valence-corrected chi connectivity index (χ3v) is 3.30. The first-order valence-corrected chi connectivity index (χ1v) is 6.32. The van der Waals surface area contributed by atoms with E-state index in [1.54, 1.807) is 0 Å². The molecule has 0 aliphatic carbocycles. The van der Waals surface area contributed by atoms with Gasteiger partial charge < -0.3 is 20.5 Å². The highest BCUT2D eigenvalue weighted by molar-refractivity contribution is 5.76. The van der Waals surface area contributed by atoms with Crippen LogP contribution in [0.1, 0.15) is 33.6 Å². The highest BCUT2D eigenvalue weighted by Crippen LogP contribution is 2.24. The molecule has 1 fully saturated rings. The zero-order valence-electron chi connectivity index (χ0n) is 11.0. The van der Waals surface area contributed by atoms with Gasteiger partial charge in [0.2, 0.25) is 5.91 Å². The van der Waals surface area contributed by atoms with Crippen molar-refractivity contribution in [3.05, 3.63) is 0 Å². The molecular formula is C12H24N2O3. The Hall–Kier alpha value is -0.650. The van der Waals surface area contributed by atoms with E-state index in [1.165, 1.54) is 0 Å². The average molecular weight is 244 g/mol. The fraction of sp³-hybridized carbons (Fsp3) is 0.917. The maximum Gasteiger partial charge on any atom is 0.221 e. The minimum Gasteiger partial charge on any atom is -0.385 e. The molecular weight excluding hydrogens is 220 g/mol. The highest BCUT2D eigenvalue weighted by Gasteiger charge is 2.39. The fourth-order valence-electron chi connectivity index (χ4n) is 2.03. The minimum atomic E-state index is -0.906. The smallest absolute Gasteiger partial charge is 0.221 e. The SMILES string of the molecule is CCNC(C)CC(=O)NCC1(O)CCOC1C. The van der Waals surface area contributed by atoms with Crippen LogP contribution in [-0.4, -0.2) is 48.5 Å². The number of amides is 1. The summed E-state index contributed by atoms with van der Waals surface area (Å²) in [6.45, 7) is 7.49. The molecule has 5 heteroatoms. The Labute approximate surface area is 103 Å². The lowest BCUT2D eigenvalue weighted by molar-refractivity contribution is -0.123. The first kappa shape index (κ1) is 14.4. The normalized spacial score (nSPS) is 30.2. The molecule has 1 saturated heterocycles. The Morgan fingerprint density at radius 2 is 2.35 bits per heavy atom. The van der Waals surface area contributed by atoms with Crippen molar-refractivity contribution in [2.45, 2.75) is 51.4 Å². The molecule has 0 spiro atoms. The number of nitrogens with one attached hydrogen (secondary N) is 2. The molecule has 100 valence electrons. The summed E-state index contributed by atoms with van der Waals surface area (Å²) in [7, 11) is 0. The van der Waals surface area contributed by atoms with Crippen LogP contribution in [0.3, 0.4) is 0 Å². The van der Waals surface area contributed by atoms with Crippen LogP contribution < -0.4 is 10.6 Å². The van der Waals surface area contributed by atoms with Gasteiger partial charge in [0.1, 0.15) is 5.60 Å². The van der Waals surface area contributed by atoms with Gasteiger partial charge in [-0.05, 0) is 20.4 Å². The minimum absolute atomic E-state index is 0.0361. The van der Waals surface area contributed by atoms with Crippen LogP contribution in [-0.2, 0) is 9.53 Å². The lowest BCUT2D eigenvalue weighted by Gasteiger charge is -2.26. The van der Waals surface area contributed by atoms with Crippen LogP contribution in [0.25, 0.3) is 0 Å². The molecule has 3 N–H and O–H groups in total. The van der Waals surface area contributed by atoms with Crippen LogP contribution in [0.15, 0.2) is 0 Å². The van der Waals surface area contributed by atoms with E-state index in [2.05, 4.69) is 10.6 Å². The van der Waals surface area contributed by atoms with Crippen LogP contribution in [0, 0.1) is 0 Å². The summed E-state index contributed by atoms with van der Waals surface area (Å²) < 4.78 is 5.31. The van der Waals surface area contributed by atoms with E-state index in [0.29, 0.717) is 19.4 Å². The van der Waals surface area contributed by atoms with Crippen molar-refractivity contribution in [1.82, 2.24) is 10.6 Å². The Kier molecular flexibility index (Phi) is 5.36. The van der Waals surface area contributed by atoms with Gasteiger partial charge in [0.05, 0.1) is 6.10 Å². The first-order valence-electron chi connectivity index (χ1n) is 6.32. The molecule has 1 rings (SSSR count). The molecule has 3 atom stereocenters. The molecule has 1 heterocycles. The molecule has 5 nitrogen and oxygen atoms in total. The summed E-state index contributed by atoms with van der Waals surface area (Å²) >= 11 is 0. The number of hydrogen-bond acceptors (Lipinski definition) is 4. The number of carbonyl (C=O) groups is 1. The zero-order valence-corrected chi connectivity index (χ0v) is 11.0. The summed E-state index contributed by atoms with van der Waals surface area (Å²) in [6, 6.07) is 0.159. The quantitative estimate of drug-likeness (QED) is 0.616. The van der Waals surface area contributed by atoms with Crippen molar-refractivity contribution in [1.29, 1.82) is 0 Å². The second-order valence-corrected chi connectivity index (χ2v) is 4.81. The second-order valence-electron chi connectivity index (χ2n) is 4.81. The lowest BCUT2D eigenvalue weighted by Crippen LogP contribution is -2.48. The summed E-state index contributed by atoms with van der Waals surface area (Å²) in [5, 5.41) is 16.1. The van der Waals surface area contributed by atoms with Crippen LogP contribution in [0.2, 0.25) is 0 Å². The van der Waals surface area contributed by atoms with E-state index in [4.69, 9.17) is 4.74 Å². The summed E-state index contributed by atoms with van der Waals surface area (Å²) in [5.41, 5.74) is -0.906. The third kappa shape index (κ3) is 4.26. The van der Waals surface area contributed by atoms with Gasteiger partial charge in [-0.1, -0.05) is 6.92 Å². The van der Waals surface area contributed by atoms with Crippen molar-refractivity contribution < 1.29 is 14.6 Å². The van der Waals surface area contributed by atoms with Crippen molar-refractivity contribution in [2.24, 2.45) is 0 Å². The molecule has 0 aromatic carbocycles. The topological polar surface area (TPSA) is 70.6 Å². The maximum absolute atomic E-state index is 11.6. The van der Waals surface area contributed by atoms with Crippen molar-refractivity contribution in [2.75, 3.05) is 19.7 Å². The van der Waals surface area contributed by atoms with Crippen LogP contribution in [0.4, 0.5) is 0 Å². The Bertz CT molecular complexity index is 260. The van der Waals surface area contributed by atoms with Crippen LogP contribution in [0.5, 0.6) is 0 Å². The zero-order chi connectivity index (χ0) is 12.9. The number of carbonyl (C=O) groups excluding carboxylic acids is 1. The van der Waals surface area contributed by atoms with E-state index in [1.807, 2.05) is 20.8 Å². The first-order chi connectivity index (χ1) is 7.98. The highest BCUT2D eigenvalue weighted by atomic mass is 16.5. The standard InChI is InChI=1S/C12H24N2O3/c1-4-13-9(2)7-11(15)14-8-12(16)5-6-17-10(12)3/h9-10,13,16H,4-8H2,1-3H3,(H,14,15). The molecule has 0 aromatic heterocycles. The lowest BCUT2D eigenvalue weighted by atomic mass is 9.96. The van der Waals surface area contributed by atoms with E-state index >= 15 is 0 Å². The molecule has 0 saturated carbocycles. The third-order valence-electron chi connectivity index (χ3n) is 3.30. The molecule has 1 aliphatic heterocycles. The van der Waals surface area contributed by atoms with Gasteiger partial charge in [0.15, 0.2) is 0 Å². The Balaban J connectivity index is 2.28. The fourth-order valence-corrected chi connectivity index (χ4v) is 2.03. The molecule has 0 bridgehead atoms. The van der Waals surface area contributed by atoms with Gasteiger partial charge in [-0.25, -0.2) is 0 Å². The van der Waals surface area contributed by atoms with Crippen LogP contribution >= 0.6 is 0 Å². The predicted molar refractivity (Wildman–Crippen MR) is 65.7 cm³/mol. The van der Waals surface area contributed by atoms with E-state index in [9.17, 15) is 9.90 Å². The van der Waals surface area contributed by atoms with Crippen molar-refractivity contribution in [3.63, 3.8) is 0 Å². The molecule has 1 amide bonds. The predicted octanol–water partition coefficient (Wildman–Crippen LogP) is 0.0306. The van der Waals surface area contributed by atoms with Gasteiger partial charge >= 0.3 is 0 Å². The van der Waals surface area contributed by atoms with Gasteiger partial charge in [-0.3, -0.25) is 4.79 Å². The number of rotatable bonds is 6. The Morgan fingerprint density at radius 3 is 2.88 bits per heavy atom. The van der Waals surface area contributed by atoms with E-state index < -0.39 is 5.60 Å². The molecule has 17 heavy (non-hydrogen) atoms. The molecule has 0 aromatic rings. The second kappa shape index (κ2) is 6.33. The van der Waals surface area contributed by atoms with Gasteiger partial charge in [0, 0.05) is 32.0 Å². The van der Waals surface area contributed by atoms with E-state index in [-0.39, 0.29) is 24.6 Å². The number of hydrogen-bond donors (Lipinski definition) is 3. The molecule has 3 unspecified atom stereocenters. The van der Waals surface area contributed by atoms with Crippen molar-refractivity contribution >= 4 is 5.91 Å².